The molecule has 2 unspecified atom stereocenters. The molecular weight excluding hydrogens is 314 g/mol. The Bertz CT molecular complexity index is 651. The first-order valence-corrected chi connectivity index (χ1v) is 7.86. The van der Waals surface area contributed by atoms with Crippen molar-refractivity contribution in [2.75, 3.05) is 6.54 Å². The molecule has 0 bridgehead atoms. The normalized spacial score (nSPS) is 14.0. The van der Waals surface area contributed by atoms with Crippen LogP contribution in [0.25, 0.3) is 6.08 Å². The summed E-state index contributed by atoms with van der Waals surface area (Å²) in [7, 11) is 0. The molecule has 1 heterocycles. The SMILES string of the molecule is CC(NCCC(=O)/C=C/c1ccc(Cl)o1)C(O)c1ccccc1. The maximum atomic E-state index is 11.8. The molecule has 0 radical (unpaired) electrons. The minimum absolute atomic E-state index is 0.0218. The molecule has 2 N–H and O–H groups in total. The summed E-state index contributed by atoms with van der Waals surface area (Å²) in [4.78, 5) is 11.8. The zero-order chi connectivity index (χ0) is 16.7. The highest BCUT2D eigenvalue weighted by Gasteiger charge is 2.15. The van der Waals surface area contributed by atoms with E-state index >= 15 is 0 Å². The van der Waals surface area contributed by atoms with E-state index in [4.69, 9.17) is 16.0 Å². The zero-order valence-electron chi connectivity index (χ0n) is 12.9. The van der Waals surface area contributed by atoms with Crippen molar-refractivity contribution >= 4 is 23.5 Å². The molecule has 2 aromatic rings. The monoisotopic (exact) mass is 333 g/mol. The summed E-state index contributed by atoms with van der Waals surface area (Å²) in [6, 6.07) is 12.6. The second-order valence-corrected chi connectivity index (χ2v) is 5.66. The minimum Gasteiger partial charge on any atom is -0.445 e. The second-order valence-electron chi connectivity index (χ2n) is 5.29. The number of benzene rings is 1. The highest BCUT2D eigenvalue weighted by atomic mass is 35.5. The number of aliphatic hydroxyl groups excluding tert-OH is 1. The fourth-order valence-corrected chi connectivity index (χ4v) is 2.30. The molecule has 2 atom stereocenters. The molecule has 0 aliphatic rings. The molecule has 0 saturated carbocycles. The number of halogens is 1. The molecule has 1 aromatic carbocycles. The third kappa shape index (κ3) is 5.67. The number of carbonyl (C=O) groups is 1. The molecule has 5 heteroatoms. The van der Waals surface area contributed by atoms with Crippen LogP contribution >= 0.6 is 11.6 Å². The van der Waals surface area contributed by atoms with Gasteiger partial charge in [0.1, 0.15) is 5.76 Å². The lowest BCUT2D eigenvalue weighted by Crippen LogP contribution is -2.33. The van der Waals surface area contributed by atoms with E-state index in [0.29, 0.717) is 23.9 Å². The summed E-state index contributed by atoms with van der Waals surface area (Å²) >= 11 is 5.66. The average Bonchev–Trinajstić information content (AvgIpc) is 2.98. The highest BCUT2D eigenvalue weighted by Crippen LogP contribution is 2.16. The van der Waals surface area contributed by atoms with Gasteiger partial charge >= 0.3 is 0 Å². The van der Waals surface area contributed by atoms with Gasteiger partial charge in [-0.25, -0.2) is 0 Å². The molecule has 0 aliphatic heterocycles. The summed E-state index contributed by atoms with van der Waals surface area (Å²) in [5, 5.41) is 13.7. The first kappa shape index (κ1) is 17.5. The quantitative estimate of drug-likeness (QED) is 0.724. The van der Waals surface area contributed by atoms with Crippen molar-refractivity contribution < 1.29 is 14.3 Å². The standard InChI is InChI=1S/C18H20ClNO3/c1-13(18(22)14-5-3-2-4-6-14)20-12-11-15(21)7-8-16-9-10-17(19)23-16/h2-10,13,18,20,22H,11-12H2,1H3/b8-7+. The zero-order valence-corrected chi connectivity index (χ0v) is 13.7. The van der Waals surface area contributed by atoms with Crippen molar-refractivity contribution in [2.24, 2.45) is 0 Å². The van der Waals surface area contributed by atoms with Crippen LogP contribution in [0, 0.1) is 0 Å². The fraction of sp³-hybridized carbons (Fsp3) is 0.278. The maximum Gasteiger partial charge on any atom is 0.193 e. The van der Waals surface area contributed by atoms with Crippen LogP contribution in [0.1, 0.15) is 30.8 Å². The van der Waals surface area contributed by atoms with Crippen molar-refractivity contribution in [3.8, 4) is 0 Å². The number of furan rings is 1. The number of aliphatic hydroxyl groups is 1. The largest absolute Gasteiger partial charge is 0.445 e. The summed E-state index contributed by atoms with van der Waals surface area (Å²) in [5.74, 6) is 0.524. The van der Waals surface area contributed by atoms with Gasteiger partial charge in [-0.3, -0.25) is 4.79 Å². The Morgan fingerprint density at radius 3 is 2.70 bits per heavy atom. The van der Waals surface area contributed by atoms with Crippen LogP contribution in [0.4, 0.5) is 0 Å². The molecule has 2 rings (SSSR count). The van der Waals surface area contributed by atoms with Gasteiger partial charge in [0.05, 0.1) is 6.10 Å². The first-order valence-electron chi connectivity index (χ1n) is 7.49. The van der Waals surface area contributed by atoms with Crippen LogP contribution in [0.15, 0.2) is 53.0 Å². The Morgan fingerprint density at radius 1 is 1.30 bits per heavy atom. The predicted octanol–water partition coefficient (Wildman–Crippen LogP) is 3.62. The van der Waals surface area contributed by atoms with Gasteiger partial charge in [-0.1, -0.05) is 30.3 Å². The number of hydrogen-bond donors (Lipinski definition) is 2. The van der Waals surface area contributed by atoms with Gasteiger partial charge in [0.2, 0.25) is 0 Å². The molecule has 23 heavy (non-hydrogen) atoms. The van der Waals surface area contributed by atoms with Crippen molar-refractivity contribution in [2.45, 2.75) is 25.5 Å². The number of nitrogens with one attached hydrogen (secondary N) is 1. The Hall–Kier alpha value is -1.88. The van der Waals surface area contributed by atoms with E-state index in [9.17, 15) is 9.90 Å². The average molecular weight is 334 g/mol. The highest BCUT2D eigenvalue weighted by molar-refractivity contribution is 6.28. The van der Waals surface area contributed by atoms with Crippen molar-refractivity contribution in [1.82, 2.24) is 5.32 Å². The second kappa shape index (κ2) is 8.67. The van der Waals surface area contributed by atoms with Gasteiger partial charge in [-0.05, 0) is 48.4 Å². The topological polar surface area (TPSA) is 62.5 Å². The van der Waals surface area contributed by atoms with Gasteiger partial charge in [-0.2, -0.15) is 0 Å². The lowest BCUT2D eigenvalue weighted by molar-refractivity contribution is -0.114. The van der Waals surface area contributed by atoms with E-state index in [1.54, 1.807) is 18.2 Å². The van der Waals surface area contributed by atoms with E-state index in [1.165, 1.54) is 6.08 Å². The summed E-state index contributed by atoms with van der Waals surface area (Å²) in [6.45, 7) is 2.38. The van der Waals surface area contributed by atoms with E-state index in [0.717, 1.165) is 5.56 Å². The molecule has 0 fully saturated rings. The van der Waals surface area contributed by atoms with Gasteiger partial charge in [0.25, 0.3) is 0 Å². The molecule has 0 spiro atoms. The van der Waals surface area contributed by atoms with Crippen LogP contribution < -0.4 is 5.32 Å². The molecule has 4 nitrogen and oxygen atoms in total. The van der Waals surface area contributed by atoms with Crippen LogP contribution in [0.3, 0.4) is 0 Å². The number of carbonyl (C=O) groups excluding carboxylic acids is 1. The number of allylic oxidation sites excluding steroid dienone is 1. The molecule has 1 aromatic heterocycles. The van der Waals surface area contributed by atoms with E-state index in [-0.39, 0.29) is 11.8 Å². The molecule has 0 saturated heterocycles. The summed E-state index contributed by atoms with van der Waals surface area (Å²) in [5.41, 5.74) is 0.855. The smallest absolute Gasteiger partial charge is 0.193 e. The molecule has 122 valence electrons. The molecule has 0 amide bonds. The van der Waals surface area contributed by atoms with Gasteiger partial charge < -0.3 is 14.8 Å². The Morgan fingerprint density at radius 2 is 2.04 bits per heavy atom. The molecule has 0 aliphatic carbocycles. The summed E-state index contributed by atoms with van der Waals surface area (Å²) in [6.07, 6.45) is 2.80. The van der Waals surface area contributed by atoms with Crippen molar-refractivity contribution in [3.63, 3.8) is 0 Å². The third-order valence-electron chi connectivity index (χ3n) is 3.48. The maximum absolute atomic E-state index is 11.8. The van der Waals surface area contributed by atoms with Crippen LogP contribution in [-0.2, 0) is 4.79 Å². The summed E-state index contributed by atoms with van der Waals surface area (Å²) < 4.78 is 5.13. The lowest BCUT2D eigenvalue weighted by Gasteiger charge is -2.20. The van der Waals surface area contributed by atoms with Gasteiger partial charge in [-0.15, -0.1) is 0 Å². The van der Waals surface area contributed by atoms with E-state index < -0.39 is 6.10 Å². The van der Waals surface area contributed by atoms with Crippen LogP contribution in [-0.4, -0.2) is 23.5 Å². The van der Waals surface area contributed by atoms with Crippen LogP contribution in [0.2, 0.25) is 5.22 Å². The Balaban J connectivity index is 1.73. The number of ketones is 1. The van der Waals surface area contributed by atoms with Gasteiger partial charge in [0, 0.05) is 19.0 Å². The van der Waals surface area contributed by atoms with Crippen molar-refractivity contribution in [1.29, 1.82) is 0 Å². The van der Waals surface area contributed by atoms with E-state index in [2.05, 4.69) is 5.32 Å². The third-order valence-corrected chi connectivity index (χ3v) is 3.68. The minimum atomic E-state index is -0.605. The Kier molecular flexibility index (Phi) is 6.59. The van der Waals surface area contributed by atoms with E-state index in [1.807, 2.05) is 37.3 Å². The Labute approximate surface area is 140 Å². The fourth-order valence-electron chi connectivity index (χ4n) is 2.15. The lowest BCUT2D eigenvalue weighted by atomic mass is 10.0. The number of rotatable bonds is 8. The van der Waals surface area contributed by atoms with Crippen molar-refractivity contribution in [3.05, 3.63) is 65.1 Å². The predicted molar refractivity (Wildman–Crippen MR) is 91.2 cm³/mol. The first-order chi connectivity index (χ1) is 11.1. The van der Waals surface area contributed by atoms with Gasteiger partial charge in [0.15, 0.2) is 11.0 Å². The van der Waals surface area contributed by atoms with Crippen LogP contribution in [0.5, 0.6) is 0 Å². The molecular formula is C18H20ClNO3. The number of hydrogen-bond acceptors (Lipinski definition) is 4.